The summed E-state index contributed by atoms with van der Waals surface area (Å²) in [6.07, 6.45) is 2.43. The van der Waals surface area contributed by atoms with Crippen LogP contribution < -0.4 is 10.6 Å². The summed E-state index contributed by atoms with van der Waals surface area (Å²) in [5.41, 5.74) is 3.13. The monoisotopic (exact) mass is 372 g/mol. The Bertz CT molecular complexity index is 428. The van der Waals surface area contributed by atoms with Gasteiger partial charge in [-0.05, 0) is 46.1 Å². The zero-order valence-electron chi connectivity index (χ0n) is 17.0. The van der Waals surface area contributed by atoms with Crippen molar-refractivity contribution in [2.75, 3.05) is 0 Å². The largest absolute Gasteiger partial charge is 0.144 e. The van der Waals surface area contributed by atoms with Gasteiger partial charge < -0.3 is 0 Å². The first-order valence-corrected chi connectivity index (χ1v) is 13.2. The smallest absolute Gasteiger partial charge is 0.0129 e. The summed E-state index contributed by atoms with van der Waals surface area (Å²) in [5, 5.41) is 3.67. The maximum atomic E-state index is 2.45. The quantitative estimate of drug-likeness (QED) is 0.444. The van der Waals surface area contributed by atoms with Gasteiger partial charge in [-0.2, -0.15) is 0 Å². The third kappa shape index (κ3) is 4.80. The van der Waals surface area contributed by atoms with E-state index in [2.05, 4.69) is 80.6 Å². The zero-order chi connectivity index (χ0) is 17.9. The van der Waals surface area contributed by atoms with Crippen molar-refractivity contribution in [3.05, 3.63) is 9.75 Å². The third-order valence-electron chi connectivity index (χ3n) is 4.38. The van der Waals surface area contributed by atoms with Gasteiger partial charge in [0.15, 0.2) is 0 Å². The molecule has 0 aliphatic heterocycles. The Morgan fingerprint density at radius 1 is 0.609 bits per heavy atom. The van der Waals surface area contributed by atoms with Crippen LogP contribution in [-0.4, -0.2) is 22.6 Å². The number of aryl methyl sites for hydroxylation is 2. The van der Waals surface area contributed by atoms with Gasteiger partial charge in [0.25, 0.3) is 0 Å². The molecule has 0 aromatic carbocycles. The van der Waals surface area contributed by atoms with Crippen molar-refractivity contribution in [1.82, 2.24) is 0 Å². The SMILES string of the molecule is CCc1sc(CC)c(P(C(C)C)C(C)C)c1P(C(C)C)C(C)C. The van der Waals surface area contributed by atoms with E-state index in [1.54, 1.807) is 9.75 Å². The molecular formula is C20H38P2S. The van der Waals surface area contributed by atoms with Crippen LogP contribution in [0.3, 0.4) is 0 Å². The maximum absolute atomic E-state index is 2.45. The van der Waals surface area contributed by atoms with E-state index in [0.717, 1.165) is 22.6 Å². The fraction of sp³-hybridized carbons (Fsp3) is 0.800. The minimum atomic E-state index is -0.0614. The van der Waals surface area contributed by atoms with Crippen LogP contribution in [0.4, 0.5) is 0 Å². The van der Waals surface area contributed by atoms with Crippen molar-refractivity contribution < 1.29 is 0 Å². The van der Waals surface area contributed by atoms with Gasteiger partial charge in [0.1, 0.15) is 0 Å². The number of thiophene rings is 1. The summed E-state index contributed by atoms with van der Waals surface area (Å²) in [7, 11) is -0.123. The number of hydrogen-bond acceptors (Lipinski definition) is 1. The van der Waals surface area contributed by atoms with Gasteiger partial charge in [0, 0.05) is 9.75 Å². The van der Waals surface area contributed by atoms with E-state index in [1.165, 1.54) is 12.8 Å². The molecule has 0 saturated carbocycles. The van der Waals surface area contributed by atoms with Crippen molar-refractivity contribution in [3.63, 3.8) is 0 Å². The Hall–Kier alpha value is 0.560. The molecule has 1 heterocycles. The minimum Gasteiger partial charge on any atom is -0.144 e. The van der Waals surface area contributed by atoms with E-state index in [0.29, 0.717) is 0 Å². The molecule has 0 fully saturated rings. The molecule has 0 aliphatic rings. The van der Waals surface area contributed by atoms with E-state index < -0.39 is 0 Å². The maximum Gasteiger partial charge on any atom is 0.0129 e. The Balaban J connectivity index is 3.68. The van der Waals surface area contributed by atoms with E-state index in [1.807, 2.05) is 10.6 Å². The Kier molecular flexibility index (Phi) is 8.75. The van der Waals surface area contributed by atoms with Crippen molar-refractivity contribution in [2.45, 2.75) is 105 Å². The number of rotatable bonds is 8. The zero-order valence-corrected chi connectivity index (χ0v) is 19.6. The topological polar surface area (TPSA) is 0 Å². The second-order valence-corrected chi connectivity index (χ2v) is 15.4. The molecular weight excluding hydrogens is 334 g/mol. The summed E-state index contributed by atoms with van der Waals surface area (Å²) < 4.78 is 0. The fourth-order valence-electron chi connectivity index (χ4n) is 3.75. The minimum absolute atomic E-state index is 0.0614. The van der Waals surface area contributed by atoms with Crippen LogP contribution in [0.15, 0.2) is 0 Å². The molecule has 0 unspecified atom stereocenters. The van der Waals surface area contributed by atoms with Crippen LogP contribution in [0.1, 0.15) is 79.0 Å². The Labute approximate surface area is 152 Å². The molecule has 0 aliphatic carbocycles. The van der Waals surface area contributed by atoms with E-state index in [4.69, 9.17) is 0 Å². The normalized spacial score (nSPS) is 12.9. The molecule has 0 amide bonds. The molecule has 134 valence electrons. The van der Waals surface area contributed by atoms with Gasteiger partial charge >= 0.3 is 0 Å². The van der Waals surface area contributed by atoms with Crippen LogP contribution >= 0.6 is 27.2 Å². The van der Waals surface area contributed by atoms with Crippen LogP contribution in [-0.2, 0) is 12.8 Å². The molecule has 0 nitrogen and oxygen atoms in total. The molecule has 0 bridgehead atoms. The van der Waals surface area contributed by atoms with Gasteiger partial charge in [-0.1, -0.05) is 85.1 Å². The van der Waals surface area contributed by atoms with Gasteiger partial charge in [0.2, 0.25) is 0 Å². The molecule has 0 saturated heterocycles. The van der Waals surface area contributed by atoms with E-state index in [-0.39, 0.29) is 15.8 Å². The third-order valence-corrected chi connectivity index (χ3v) is 12.8. The highest BCUT2D eigenvalue weighted by atomic mass is 32.1. The van der Waals surface area contributed by atoms with Crippen LogP contribution in [0.5, 0.6) is 0 Å². The van der Waals surface area contributed by atoms with Gasteiger partial charge in [-0.25, -0.2) is 0 Å². The molecule has 23 heavy (non-hydrogen) atoms. The first kappa shape index (κ1) is 21.6. The summed E-state index contributed by atoms with van der Waals surface area (Å²) in [6, 6.07) is 0. The van der Waals surface area contributed by atoms with Crippen LogP contribution in [0, 0.1) is 0 Å². The molecule has 1 rings (SSSR count). The Morgan fingerprint density at radius 3 is 1.04 bits per heavy atom. The van der Waals surface area contributed by atoms with Crippen molar-refractivity contribution in [3.8, 4) is 0 Å². The van der Waals surface area contributed by atoms with E-state index >= 15 is 0 Å². The predicted octanol–water partition coefficient (Wildman–Crippen LogP) is 6.72. The lowest BCUT2D eigenvalue weighted by atomic mass is 10.3. The Morgan fingerprint density at radius 2 is 0.870 bits per heavy atom. The van der Waals surface area contributed by atoms with Crippen LogP contribution in [0.25, 0.3) is 0 Å². The average molecular weight is 373 g/mol. The highest BCUT2D eigenvalue weighted by Gasteiger charge is 2.33. The van der Waals surface area contributed by atoms with Gasteiger partial charge in [-0.15, -0.1) is 11.3 Å². The summed E-state index contributed by atoms with van der Waals surface area (Å²) in [4.78, 5) is 3.42. The van der Waals surface area contributed by atoms with E-state index in [9.17, 15) is 0 Å². The molecule has 1 aromatic rings. The van der Waals surface area contributed by atoms with Crippen molar-refractivity contribution in [2.24, 2.45) is 0 Å². The van der Waals surface area contributed by atoms with Crippen molar-refractivity contribution in [1.29, 1.82) is 0 Å². The summed E-state index contributed by atoms with van der Waals surface area (Å²) >= 11 is 2.14. The highest BCUT2D eigenvalue weighted by Crippen LogP contribution is 2.53. The fourth-order valence-corrected chi connectivity index (χ4v) is 12.6. The highest BCUT2D eigenvalue weighted by molar-refractivity contribution is 7.74. The van der Waals surface area contributed by atoms with Crippen molar-refractivity contribution >= 4 is 37.8 Å². The number of hydrogen-bond donors (Lipinski definition) is 0. The molecule has 3 heteroatoms. The molecule has 0 atom stereocenters. The molecule has 0 N–H and O–H groups in total. The lowest BCUT2D eigenvalue weighted by Crippen LogP contribution is -2.32. The summed E-state index contributed by atoms with van der Waals surface area (Å²) in [6.45, 7) is 24.3. The molecule has 0 radical (unpaired) electrons. The molecule has 0 spiro atoms. The second kappa shape index (κ2) is 9.31. The second-order valence-electron chi connectivity index (χ2n) is 7.54. The van der Waals surface area contributed by atoms with Crippen LogP contribution in [0.2, 0.25) is 0 Å². The standard InChI is InChI=1S/C20H38P2S/c1-11-17-19(21(13(3)4)14(5)6)20(18(12-2)23-17)22(15(7)8)16(9)10/h13-16H,11-12H2,1-10H3. The lowest BCUT2D eigenvalue weighted by molar-refractivity contribution is 1.01. The summed E-state index contributed by atoms with van der Waals surface area (Å²) in [5.74, 6) is 0. The molecule has 1 aromatic heterocycles. The lowest BCUT2D eigenvalue weighted by Gasteiger charge is -2.33. The van der Waals surface area contributed by atoms with Gasteiger partial charge in [0.05, 0.1) is 0 Å². The first-order valence-electron chi connectivity index (χ1n) is 9.38. The average Bonchev–Trinajstić information content (AvgIpc) is 2.76. The van der Waals surface area contributed by atoms with Gasteiger partial charge in [-0.3, -0.25) is 0 Å². The predicted molar refractivity (Wildman–Crippen MR) is 117 cm³/mol. The first-order chi connectivity index (χ1) is 10.7.